The second kappa shape index (κ2) is 10.1. The molecule has 3 aromatic carbocycles. The van der Waals surface area contributed by atoms with E-state index >= 15 is 0 Å². The lowest BCUT2D eigenvalue weighted by atomic mass is 9.98. The molecule has 2 amide bonds. The summed E-state index contributed by atoms with van der Waals surface area (Å²) in [7, 11) is 0. The summed E-state index contributed by atoms with van der Waals surface area (Å²) >= 11 is 0. The molecule has 3 N–H and O–H groups in total. The van der Waals surface area contributed by atoms with Gasteiger partial charge in [0.25, 0.3) is 5.91 Å². The summed E-state index contributed by atoms with van der Waals surface area (Å²) in [4.78, 5) is 39.2. The number of nitrogens with one attached hydrogen (secondary N) is 3. The zero-order valence-electron chi connectivity index (χ0n) is 19.8. The fraction of sp³-hybridized carbons (Fsp3) is 0.179. The largest absolute Gasteiger partial charge is 0.378 e. The SMILES string of the molecule is CC(=O)Nc1ccc(C(=O)c2ccc3c(c2)/C(=C\Nc2ccc(N4CCOCC4)cc2)C(=O)N3)cc1. The molecule has 182 valence electrons. The molecule has 1 saturated heterocycles. The van der Waals surface area contributed by atoms with E-state index in [2.05, 4.69) is 20.9 Å². The minimum Gasteiger partial charge on any atom is -0.378 e. The Labute approximate surface area is 209 Å². The molecule has 3 aromatic rings. The van der Waals surface area contributed by atoms with E-state index in [1.54, 1.807) is 48.7 Å². The lowest BCUT2D eigenvalue weighted by Crippen LogP contribution is -2.36. The molecule has 0 atom stereocenters. The molecule has 0 aliphatic carbocycles. The minimum absolute atomic E-state index is 0.169. The highest BCUT2D eigenvalue weighted by molar-refractivity contribution is 6.32. The van der Waals surface area contributed by atoms with Crippen molar-refractivity contribution in [3.8, 4) is 0 Å². The van der Waals surface area contributed by atoms with Gasteiger partial charge in [0.1, 0.15) is 0 Å². The van der Waals surface area contributed by atoms with E-state index < -0.39 is 0 Å². The zero-order chi connectivity index (χ0) is 25.1. The number of amides is 2. The Hall–Kier alpha value is -4.43. The first-order chi connectivity index (χ1) is 17.5. The van der Waals surface area contributed by atoms with Gasteiger partial charge in [-0.05, 0) is 66.7 Å². The molecule has 0 saturated carbocycles. The lowest BCUT2D eigenvalue weighted by Gasteiger charge is -2.28. The number of anilines is 4. The van der Waals surface area contributed by atoms with Gasteiger partial charge in [-0.2, -0.15) is 0 Å². The van der Waals surface area contributed by atoms with Gasteiger partial charge in [-0.25, -0.2) is 0 Å². The van der Waals surface area contributed by atoms with Crippen LogP contribution in [0, 0.1) is 0 Å². The lowest BCUT2D eigenvalue weighted by molar-refractivity contribution is -0.114. The molecule has 8 nitrogen and oxygen atoms in total. The molecule has 5 rings (SSSR count). The van der Waals surface area contributed by atoms with Crippen molar-refractivity contribution in [3.05, 3.63) is 89.6 Å². The Kier molecular flexibility index (Phi) is 6.51. The first-order valence-electron chi connectivity index (χ1n) is 11.8. The van der Waals surface area contributed by atoms with Gasteiger partial charge >= 0.3 is 0 Å². The highest BCUT2D eigenvalue weighted by atomic mass is 16.5. The van der Waals surface area contributed by atoms with Crippen molar-refractivity contribution in [2.45, 2.75) is 6.92 Å². The summed E-state index contributed by atoms with van der Waals surface area (Å²) in [6.45, 7) is 4.63. The maximum Gasteiger partial charge on any atom is 0.257 e. The average molecular weight is 483 g/mol. The van der Waals surface area contributed by atoms with E-state index in [1.807, 2.05) is 24.3 Å². The molecular formula is C28H26N4O4. The van der Waals surface area contributed by atoms with Gasteiger partial charge in [-0.1, -0.05) is 0 Å². The van der Waals surface area contributed by atoms with E-state index in [9.17, 15) is 14.4 Å². The molecule has 0 spiro atoms. The highest BCUT2D eigenvalue weighted by Crippen LogP contribution is 2.33. The zero-order valence-corrected chi connectivity index (χ0v) is 19.8. The number of ketones is 1. The number of ether oxygens (including phenoxy) is 1. The van der Waals surface area contributed by atoms with Crippen molar-refractivity contribution in [1.29, 1.82) is 0 Å². The van der Waals surface area contributed by atoms with Crippen molar-refractivity contribution >= 4 is 45.9 Å². The standard InChI is InChI=1S/C28H26N4O4/c1-18(33)30-22-5-2-19(3-6-22)27(34)20-4-11-26-24(16-20)25(28(35)31-26)17-29-21-7-9-23(10-8-21)32-12-14-36-15-13-32/h2-11,16-17,29H,12-15H2,1H3,(H,30,33)(H,31,35)/b25-17+. The maximum atomic E-state index is 13.1. The number of nitrogens with zero attached hydrogens (tertiary/aromatic N) is 1. The normalized spacial score (nSPS) is 15.9. The summed E-state index contributed by atoms with van der Waals surface area (Å²) in [5.41, 5.74) is 5.35. The van der Waals surface area contributed by atoms with Crippen LogP contribution in [0.4, 0.5) is 22.7 Å². The fourth-order valence-electron chi connectivity index (χ4n) is 4.29. The third kappa shape index (κ3) is 4.99. The summed E-state index contributed by atoms with van der Waals surface area (Å²) in [5, 5.41) is 8.74. The Morgan fingerprint density at radius 3 is 2.28 bits per heavy atom. The van der Waals surface area contributed by atoms with Crippen LogP contribution in [0.2, 0.25) is 0 Å². The maximum absolute atomic E-state index is 13.1. The van der Waals surface area contributed by atoms with Crippen LogP contribution < -0.4 is 20.9 Å². The van der Waals surface area contributed by atoms with Crippen LogP contribution in [0.5, 0.6) is 0 Å². The third-order valence-electron chi connectivity index (χ3n) is 6.16. The van der Waals surface area contributed by atoms with Gasteiger partial charge in [0.2, 0.25) is 5.91 Å². The number of rotatable bonds is 6. The Morgan fingerprint density at radius 1 is 0.917 bits per heavy atom. The molecule has 36 heavy (non-hydrogen) atoms. The summed E-state index contributed by atoms with van der Waals surface area (Å²) < 4.78 is 5.41. The predicted molar refractivity (Wildman–Crippen MR) is 140 cm³/mol. The molecule has 2 aliphatic heterocycles. The number of hydrogen-bond acceptors (Lipinski definition) is 6. The summed E-state index contributed by atoms with van der Waals surface area (Å²) in [5.74, 6) is -0.574. The average Bonchev–Trinajstić information content (AvgIpc) is 3.22. The molecule has 0 unspecified atom stereocenters. The van der Waals surface area contributed by atoms with Crippen molar-refractivity contribution in [2.24, 2.45) is 0 Å². The molecule has 0 bridgehead atoms. The third-order valence-corrected chi connectivity index (χ3v) is 6.16. The second-order valence-electron chi connectivity index (χ2n) is 8.65. The molecular weight excluding hydrogens is 456 g/mol. The number of carbonyl (C=O) groups excluding carboxylic acids is 3. The smallest absolute Gasteiger partial charge is 0.257 e. The highest BCUT2D eigenvalue weighted by Gasteiger charge is 2.25. The van der Waals surface area contributed by atoms with Gasteiger partial charge in [-0.15, -0.1) is 0 Å². The molecule has 2 heterocycles. The first-order valence-corrected chi connectivity index (χ1v) is 11.8. The van der Waals surface area contributed by atoms with Crippen LogP contribution in [-0.4, -0.2) is 43.9 Å². The topological polar surface area (TPSA) is 99.8 Å². The second-order valence-corrected chi connectivity index (χ2v) is 8.65. The minimum atomic E-state index is -0.230. The van der Waals surface area contributed by atoms with E-state index in [-0.39, 0.29) is 17.6 Å². The summed E-state index contributed by atoms with van der Waals surface area (Å²) in [6, 6.07) is 19.9. The number of hydrogen-bond donors (Lipinski definition) is 3. The van der Waals surface area contributed by atoms with Crippen LogP contribution in [0.1, 0.15) is 28.4 Å². The van der Waals surface area contributed by atoms with Crippen molar-refractivity contribution in [2.75, 3.05) is 47.2 Å². The predicted octanol–water partition coefficient (Wildman–Crippen LogP) is 4.12. The Bertz CT molecular complexity index is 1340. The molecule has 0 radical (unpaired) electrons. The molecule has 0 aromatic heterocycles. The van der Waals surface area contributed by atoms with Gasteiger partial charge in [-0.3, -0.25) is 14.4 Å². The van der Waals surface area contributed by atoms with Crippen LogP contribution >= 0.6 is 0 Å². The number of carbonyl (C=O) groups is 3. The Morgan fingerprint density at radius 2 is 1.58 bits per heavy atom. The molecule has 2 aliphatic rings. The monoisotopic (exact) mass is 482 g/mol. The summed E-state index contributed by atoms with van der Waals surface area (Å²) in [6.07, 6.45) is 1.67. The quantitative estimate of drug-likeness (QED) is 0.361. The van der Waals surface area contributed by atoms with Crippen LogP contribution in [0.15, 0.2) is 72.9 Å². The molecule has 1 fully saturated rings. The number of benzene rings is 3. The van der Waals surface area contributed by atoms with Crippen molar-refractivity contribution in [3.63, 3.8) is 0 Å². The van der Waals surface area contributed by atoms with Crippen molar-refractivity contribution < 1.29 is 19.1 Å². The van der Waals surface area contributed by atoms with E-state index in [4.69, 9.17) is 4.74 Å². The first kappa shape index (κ1) is 23.3. The fourth-order valence-corrected chi connectivity index (χ4v) is 4.29. The molecule has 8 heteroatoms. The van der Waals surface area contributed by atoms with Crippen LogP contribution in [-0.2, 0) is 14.3 Å². The van der Waals surface area contributed by atoms with Gasteiger partial charge < -0.3 is 25.6 Å². The number of fused-ring (bicyclic) bond motifs is 1. The van der Waals surface area contributed by atoms with E-state index in [0.717, 1.165) is 37.7 Å². The van der Waals surface area contributed by atoms with E-state index in [0.29, 0.717) is 33.6 Å². The number of morpholine rings is 1. The van der Waals surface area contributed by atoms with Gasteiger partial charge in [0, 0.05) is 65.7 Å². The van der Waals surface area contributed by atoms with Gasteiger partial charge in [0.05, 0.1) is 18.8 Å². The van der Waals surface area contributed by atoms with Crippen LogP contribution in [0.25, 0.3) is 5.57 Å². The van der Waals surface area contributed by atoms with Gasteiger partial charge in [0.15, 0.2) is 5.78 Å². The van der Waals surface area contributed by atoms with Crippen molar-refractivity contribution in [1.82, 2.24) is 0 Å². The van der Waals surface area contributed by atoms with Crippen LogP contribution in [0.3, 0.4) is 0 Å². The van der Waals surface area contributed by atoms with E-state index in [1.165, 1.54) is 6.92 Å². The Balaban J connectivity index is 1.33.